The lowest BCUT2D eigenvalue weighted by molar-refractivity contribution is -0.128. The van der Waals surface area contributed by atoms with Gasteiger partial charge in [-0.05, 0) is 18.9 Å². The highest BCUT2D eigenvalue weighted by molar-refractivity contribution is 5.82. The molecule has 0 aliphatic carbocycles. The van der Waals surface area contributed by atoms with Crippen LogP contribution in [0.25, 0.3) is 0 Å². The Bertz CT molecular complexity index is 578. The summed E-state index contributed by atoms with van der Waals surface area (Å²) in [5, 5.41) is 2.39. The Morgan fingerprint density at radius 3 is 2.33 bits per heavy atom. The van der Waals surface area contributed by atoms with Gasteiger partial charge in [0.15, 0.2) is 0 Å². The molecule has 5 nitrogen and oxygen atoms in total. The van der Waals surface area contributed by atoms with Gasteiger partial charge in [0.1, 0.15) is 6.29 Å². The van der Waals surface area contributed by atoms with Gasteiger partial charge in [-0.15, -0.1) is 0 Å². The Kier molecular flexibility index (Phi) is 7.00. The summed E-state index contributed by atoms with van der Waals surface area (Å²) in [6, 6.07) is 8.28. The number of carbonyl (C=O) groups is 3. The van der Waals surface area contributed by atoms with Gasteiger partial charge < -0.3 is 15.8 Å². The zero-order valence-electron chi connectivity index (χ0n) is 13.6. The van der Waals surface area contributed by atoms with Crippen LogP contribution in [-0.2, 0) is 20.8 Å². The number of carbonyl (C=O) groups excluding carboxylic acids is 3. The van der Waals surface area contributed by atoms with E-state index in [0.29, 0.717) is 11.8 Å². The van der Waals surface area contributed by atoms with Gasteiger partial charge in [0, 0.05) is 25.7 Å². The summed E-state index contributed by atoms with van der Waals surface area (Å²) in [4.78, 5) is 33.7. The second-order valence-electron chi connectivity index (χ2n) is 6.07. The molecule has 24 heavy (non-hydrogen) atoms. The fourth-order valence-corrected chi connectivity index (χ4v) is 2.19. The molecular formula is C17H22F2N2O3. The van der Waals surface area contributed by atoms with Crippen molar-refractivity contribution in [3.63, 3.8) is 0 Å². The van der Waals surface area contributed by atoms with Gasteiger partial charge in [0.25, 0.3) is 5.92 Å². The summed E-state index contributed by atoms with van der Waals surface area (Å²) in [6.07, 6.45) is -1.07. The Balaban J connectivity index is 2.51. The molecule has 0 saturated heterocycles. The Labute approximate surface area is 139 Å². The third-order valence-electron chi connectivity index (χ3n) is 3.60. The van der Waals surface area contributed by atoms with Crippen LogP contribution in [0.15, 0.2) is 30.3 Å². The predicted octanol–water partition coefficient (Wildman–Crippen LogP) is 1.98. The molecule has 1 aromatic rings. The first-order valence-corrected chi connectivity index (χ1v) is 7.63. The number of amides is 2. The van der Waals surface area contributed by atoms with Crippen molar-refractivity contribution in [3.8, 4) is 0 Å². The Hall–Kier alpha value is -2.31. The Morgan fingerprint density at radius 2 is 1.79 bits per heavy atom. The molecule has 0 fully saturated rings. The van der Waals surface area contributed by atoms with Crippen molar-refractivity contribution in [1.82, 2.24) is 5.32 Å². The molecule has 132 valence electrons. The van der Waals surface area contributed by atoms with Gasteiger partial charge in [-0.2, -0.15) is 0 Å². The van der Waals surface area contributed by atoms with Crippen molar-refractivity contribution in [2.75, 3.05) is 0 Å². The van der Waals surface area contributed by atoms with E-state index in [2.05, 4.69) is 5.32 Å². The van der Waals surface area contributed by atoms with Crippen LogP contribution < -0.4 is 11.1 Å². The van der Waals surface area contributed by atoms with Gasteiger partial charge in [-0.3, -0.25) is 9.59 Å². The van der Waals surface area contributed by atoms with Crippen LogP contribution in [0.5, 0.6) is 0 Å². The molecule has 0 aliphatic heterocycles. The van der Waals surface area contributed by atoms with E-state index in [1.54, 1.807) is 30.3 Å². The number of benzene rings is 1. The maximum Gasteiger partial charge on any atom is 0.252 e. The van der Waals surface area contributed by atoms with E-state index in [4.69, 9.17) is 5.73 Å². The highest BCUT2D eigenvalue weighted by atomic mass is 19.3. The maximum absolute atomic E-state index is 13.9. The normalized spacial score (nSPS) is 13.8. The minimum atomic E-state index is -3.02. The molecule has 1 atom stereocenters. The van der Waals surface area contributed by atoms with Crippen LogP contribution in [0.4, 0.5) is 8.78 Å². The summed E-state index contributed by atoms with van der Waals surface area (Å²) >= 11 is 0. The van der Waals surface area contributed by atoms with E-state index < -0.39 is 42.5 Å². The lowest BCUT2D eigenvalue weighted by Crippen LogP contribution is -2.48. The number of halogens is 2. The van der Waals surface area contributed by atoms with Crippen molar-refractivity contribution < 1.29 is 23.2 Å². The lowest BCUT2D eigenvalue weighted by Gasteiger charge is -2.25. The number of hydrogen-bond donors (Lipinski definition) is 2. The minimum Gasteiger partial charge on any atom is -0.370 e. The second-order valence-corrected chi connectivity index (χ2v) is 6.07. The third-order valence-corrected chi connectivity index (χ3v) is 3.60. The molecule has 0 heterocycles. The number of hydrogen-bond acceptors (Lipinski definition) is 3. The van der Waals surface area contributed by atoms with Crippen molar-refractivity contribution in [3.05, 3.63) is 35.9 Å². The fourth-order valence-electron chi connectivity index (χ4n) is 2.19. The molecule has 3 N–H and O–H groups in total. The topological polar surface area (TPSA) is 89.3 Å². The molecule has 0 radical (unpaired) electrons. The largest absolute Gasteiger partial charge is 0.370 e. The summed E-state index contributed by atoms with van der Waals surface area (Å²) in [5.74, 6) is -4.29. The van der Waals surface area contributed by atoms with Crippen LogP contribution in [0, 0.1) is 0 Å². The Morgan fingerprint density at radius 1 is 1.17 bits per heavy atom. The third kappa shape index (κ3) is 7.30. The van der Waals surface area contributed by atoms with Crippen molar-refractivity contribution >= 4 is 18.1 Å². The molecule has 0 saturated carbocycles. The fraction of sp³-hybridized carbons (Fsp3) is 0.471. The van der Waals surface area contributed by atoms with Crippen molar-refractivity contribution in [2.45, 2.75) is 50.5 Å². The summed E-state index contributed by atoms with van der Waals surface area (Å²) in [5.41, 5.74) is 4.20. The van der Waals surface area contributed by atoms with Gasteiger partial charge in [0.05, 0.1) is 5.54 Å². The molecule has 1 aromatic carbocycles. The number of primary amides is 1. The van der Waals surface area contributed by atoms with Gasteiger partial charge in [-0.1, -0.05) is 30.3 Å². The van der Waals surface area contributed by atoms with Gasteiger partial charge >= 0.3 is 0 Å². The minimum absolute atomic E-state index is 0.0258. The molecule has 1 rings (SSSR count). The van der Waals surface area contributed by atoms with E-state index in [-0.39, 0.29) is 12.8 Å². The number of rotatable bonds is 10. The molecule has 0 spiro atoms. The van der Waals surface area contributed by atoms with Crippen LogP contribution in [0.1, 0.15) is 38.2 Å². The molecule has 0 bridgehead atoms. The lowest BCUT2D eigenvalue weighted by atomic mass is 9.96. The van der Waals surface area contributed by atoms with E-state index in [9.17, 15) is 23.2 Å². The molecule has 0 aromatic heterocycles. The average molecular weight is 340 g/mol. The van der Waals surface area contributed by atoms with Crippen molar-refractivity contribution in [2.24, 2.45) is 5.73 Å². The van der Waals surface area contributed by atoms with Crippen LogP contribution in [0.3, 0.4) is 0 Å². The average Bonchev–Trinajstić information content (AvgIpc) is 2.52. The van der Waals surface area contributed by atoms with E-state index in [1.165, 1.54) is 6.92 Å². The summed E-state index contributed by atoms with van der Waals surface area (Å²) in [6.45, 7) is 1.42. The van der Waals surface area contributed by atoms with Crippen LogP contribution in [0.2, 0.25) is 0 Å². The predicted molar refractivity (Wildman–Crippen MR) is 85.4 cm³/mol. The highest BCUT2D eigenvalue weighted by Gasteiger charge is 2.32. The van der Waals surface area contributed by atoms with Gasteiger partial charge in [-0.25, -0.2) is 8.78 Å². The number of nitrogens with two attached hydrogens (primary N) is 1. The first-order valence-electron chi connectivity index (χ1n) is 7.63. The van der Waals surface area contributed by atoms with Crippen LogP contribution >= 0.6 is 0 Å². The van der Waals surface area contributed by atoms with E-state index in [0.717, 1.165) is 0 Å². The molecule has 0 unspecified atom stereocenters. The molecule has 7 heteroatoms. The summed E-state index contributed by atoms with van der Waals surface area (Å²) in [7, 11) is 0. The zero-order valence-corrected chi connectivity index (χ0v) is 13.6. The summed E-state index contributed by atoms with van der Waals surface area (Å²) < 4.78 is 27.9. The molecule has 2 amide bonds. The first-order chi connectivity index (χ1) is 11.2. The van der Waals surface area contributed by atoms with E-state index >= 15 is 0 Å². The van der Waals surface area contributed by atoms with E-state index in [1.807, 2.05) is 0 Å². The molecule has 0 aliphatic rings. The monoisotopic (exact) mass is 340 g/mol. The first kappa shape index (κ1) is 19.7. The van der Waals surface area contributed by atoms with Crippen molar-refractivity contribution in [1.29, 1.82) is 0 Å². The van der Waals surface area contributed by atoms with Gasteiger partial charge in [0.2, 0.25) is 11.8 Å². The van der Waals surface area contributed by atoms with Crippen LogP contribution in [-0.4, -0.2) is 29.6 Å². The molecular weight excluding hydrogens is 318 g/mol. The maximum atomic E-state index is 13.9. The zero-order chi connectivity index (χ0) is 18.2. The number of aldehydes is 1. The highest BCUT2D eigenvalue weighted by Crippen LogP contribution is 2.25. The smallest absolute Gasteiger partial charge is 0.252 e. The SMILES string of the molecule is C[C@@](C=O)(CCC(N)=O)NC(=O)CCC(F)(F)Cc1ccccc1. The number of nitrogens with one attached hydrogen (secondary N) is 1. The second kappa shape index (κ2) is 8.52. The quantitative estimate of drug-likeness (QED) is 0.638. The number of alkyl halides is 2. The standard InChI is InChI=1S/C17H22F2N2O3/c1-16(12-22,9-7-14(20)23)21-15(24)8-10-17(18,19)11-13-5-3-2-4-6-13/h2-6,12H,7-11H2,1H3,(H2,20,23)(H,21,24)/t16-/m0/s1.